The van der Waals surface area contributed by atoms with Crippen LogP contribution in [0.25, 0.3) is 0 Å². The standard InChI is InChI=1S/C20H22N4/c1-3-17-11-7-8-12-18(17)24-20-13-19(22-15(2)23-20)21-14-16-9-5-4-6-10-16/h4-13H,3,14H2,1-2H3,(H2,21,22,23,24). The first-order valence-corrected chi connectivity index (χ1v) is 8.23. The number of aryl methyl sites for hydroxylation is 2. The van der Waals surface area contributed by atoms with Crippen molar-refractivity contribution in [3.05, 3.63) is 77.6 Å². The summed E-state index contributed by atoms with van der Waals surface area (Å²) in [6, 6.07) is 20.5. The van der Waals surface area contributed by atoms with Crippen molar-refractivity contribution in [2.45, 2.75) is 26.8 Å². The van der Waals surface area contributed by atoms with Crippen molar-refractivity contribution in [2.24, 2.45) is 0 Å². The molecule has 0 amide bonds. The Morgan fingerprint density at radius 1 is 0.875 bits per heavy atom. The van der Waals surface area contributed by atoms with Gasteiger partial charge < -0.3 is 10.6 Å². The first-order valence-electron chi connectivity index (χ1n) is 8.23. The highest BCUT2D eigenvalue weighted by molar-refractivity contribution is 5.62. The monoisotopic (exact) mass is 318 g/mol. The van der Waals surface area contributed by atoms with Gasteiger partial charge in [0.25, 0.3) is 0 Å². The summed E-state index contributed by atoms with van der Waals surface area (Å²) in [5, 5.41) is 6.78. The van der Waals surface area contributed by atoms with Gasteiger partial charge in [-0.2, -0.15) is 0 Å². The van der Waals surface area contributed by atoms with E-state index in [0.29, 0.717) is 0 Å². The highest BCUT2D eigenvalue weighted by Gasteiger charge is 2.05. The molecular weight excluding hydrogens is 296 g/mol. The highest BCUT2D eigenvalue weighted by atomic mass is 15.1. The molecule has 0 aliphatic rings. The third kappa shape index (κ3) is 4.10. The molecule has 0 fully saturated rings. The van der Waals surface area contributed by atoms with Gasteiger partial charge in [0.2, 0.25) is 0 Å². The molecule has 2 N–H and O–H groups in total. The Labute approximate surface area is 143 Å². The van der Waals surface area contributed by atoms with Crippen molar-refractivity contribution in [3.8, 4) is 0 Å². The fraction of sp³-hybridized carbons (Fsp3) is 0.200. The zero-order valence-electron chi connectivity index (χ0n) is 14.1. The highest BCUT2D eigenvalue weighted by Crippen LogP contribution is 2.21. The molecule has 1 heterocycles. The number of rotatable bonds is 6. The first-order chi connectivity index (χ1) is 11.7. The molecule has 0 bridgehead atoms. The summed E-state index contributed by atoms with van der Waals surface area (Å²) in [5.41, 5.74) is 3.58. The minimum Gasteiger partial charge on any atom is -0.366 e. The van der Waals surface area contributed by atoms with Gasteiger partial charge in [0.05, 0.1) is 0 Å². The summed E-state index contributed by atoms with van der Waals surface area (Å²) in [6.07, 6.45) is 0.979. The quantitative estimate of drug-likeness (QED) is 0.691. The maximum Gasteiger partial charge on any atom is 0.136 e. The van der Waals surface area contributed by atoms with E-state index in [1.54, 1.807) is 0 Å². The van der Waals surface area contributed by atoms with E-state index in [0.717, 1.165) is 36.1 Å². The fourth-order valence-corrected chi connectivity index (χ4v) is 2.60. The van der Waals surface area contributed by atoms with Gasteiger partial charge >= 0.3 is 0 Å². The molecule has 0 aliphatic heterocycles. The molecule has 1 aromatic heterocycles. The Balaban J connectivity index is 1.76. The Morgan fingerprint density at radius 2 is 1.58 bits per heavy atom. The number of nitrogens with zero attached hydrogens (tertiary/aromatic N) is 2. The van der Waals surface area contributed by atoms with Crippen LogP contribution in [-0.4, -0.2) is 9.97 Å². The summed E-state index contributed by atoms with van der Waals surface area (Å²) >= 11 is 0. The van der Waals surface area contributed by atoms with E-state index in [4.69, 9.17) is 0 Å². The van der Waals surface area contributed by atoms with Crippen molar-refractivity contribution in [1.82, 2.24) is 9.97 Å². The number of hydrogen-bond acceptors (Lipinski definition) is 4. The van der Waals surface area contributed by atoms with Crippen LogP contribution < -0.4 is 10.6 Å². The molecule has 0 atom stereocenters. The van der Waals surface area contributed by atoms with Gasteiger partial charge in [0, 0.05) is 18.3 Å². The SMILES string of the molecule is CCc1ccccc1Nc1cc(NCc2ccccc2)nc(C)n1. The zero-order valence-corrected chi connectivity index (χ0v) is 14.1. The maximum atomic E-state index is 4.50. The number of nitrogens with one attached hydrogen (secondary N) is 2. The zero-order chi connectivity index (χ0) is 16.8. The van der Waals surface area contributed by atoms with Crippen LogP contribution in [0.4, 0.5) is 17.3 Å². The Bertz CT molecular complexity index is 800. The molecule has 4 heteroatoms. The van der Waals surface area contributed by atoms with Crippen LogP contribution in [0.5, 0.6) is 0 Å². The average Bonchev–Trinajstić information content (AvgIpc) is 2.61. The second-order valence-electron chi connectivity index (χ2n) is 5.66. The Hall–Kier alpha value is -2.88. The second-order valence-corrected chi connectivity index (χ2v) is 5.66. The van der Waals surface area contributed by atoms with E-state index in [9.17, 15) is 0 Å². The predicted octanol–water partition coefficient (Wildman–Crippen LogP) is 4.70. The van der Waals surface area contributed by atoms with Crippen molar-refractivity contribution in [3.63, 3.8) is 0 Å². The van der Waals surface area contributed by atoms with Gasteiger partial charge in [0.1, 0.15) is 17.5 Å². The lowest BCUT2D eigenvalue weighted by atomic mass is 10.1. The van der Waals surface area contributed by atoms with E-state index in [2.05, 4.69) is 57.9 Å². The lowest BCUT2D eigenvalue weighted by Gasteiger charge is -2.12. The molecule has 0 saturated carbocycles. The van der Waals surface area contributed by atoms with Crippen LogP contribution >= 0.6 is 0 Å². The van der Waals surface area contributed by atoms with Crippen LogP contribution in [0.1, 0.15) is 23.9 Å². The van der Waals surface area contributed by atoms with E-state index in [1.165, 1.54) is 11.1 Å². The van der Waals surface area contributed by atoms with Gasteiger partial charge in [-0.25, -0.2) is 9.97 Å². The minimum absolute atomic E-state index is 0.738. The van der Waals surface area contributed by atoms with E-state index < -0.39 is 0 Å². The maximum absolute atomic E-state index is 4.50. The molecule has 0 aliphatic carbocycles. The van der Waals surface area contributed by atoms with Gasteiger partial charge in [-0.3, -0.25) is 0 Å². The van der Waals surface area contributed by atoms with E-state index >= 15 is 0 Å². The normalized spacial score (nSPS) is 10.4. The van der Waals surface area contributed by atoms with E-state index in [1.807, 2.05) is 37.3 Å². The van der Waals surface area contributed by atoms with Gasteiger partial charge in [-0.1, -0.05) is 55.5 Å². The summed E-state index contributed by atoms with van der Waals surface area (Å²) in [6.45, 7) is 4.80. The van der Waals surface area contributed by atoms with Crippen LogP contribution in [0.2, 0.25) is 0 Å². The summed E-state index contributed by atoms with van der Waals surface area (Å²) < 4.78 is 0. The van der Waals surface area contributed by atoms with Gasteiger partial charge in [-0.05, 0) is 30.5 Å². The van der Waals surface area contributed by atoms with Crippen LogP contribution in [0, 0.1) is 6.92 Å². The second kappa shape index (κ2) is 7.59. The fourth-order valence-electron chi connectivity index (χ4n) is 2.60. The van der Waals surface area contributed by atoms with Crippen molar-refractivity contribution in [1.29, 1.82) is 0 Å². The third-order valence-electron chi connectivity index (χ3n) is 3.82. The third-order valence-corrected chi connectivity index (χ3v) is 3.82. The van der Waals surface area contributed by atoms with Gasteiger partial charge in [-0.15, -0.1) is 0 Å². The first kappa shape index (κ1) is 16.0. The van der Waals surface area contributed by atoms with Crippen molar-refractivity contribution < 1.29 is 0 Å². The topological polar surface area (TPSA) is 49.8 Å². The molecule has 24 heavy (non-hydrogen) atoms. The smallest absolute Gasteiger partial charge is 0.136 e. The largest absolute Gasteiger partial charge is 0.366 e. The van der Waals surface area contributed by atoms with Crippen LogP contribution in [0.3, 0.4) is 0 Å². The molecule has 0 spiro atoms. The molecule has 0 unspecified atom stereocenters. The van der Waals surface area contributed by atoms with Crippen molar-refractivity contribution in [2.75, 3.05) is 10.6 Å². The van der Waals surface area contributed by atoms with Crippen LogP contribution in [-0.2, 0) is 13.0 Å². The number of hydrogen-bond donors (Lipinski definition) is 2. The summed E-state index contributed by atoms with van der Waals surface area (Å²) in [5.74, 6) is 2.37. The lowest BCUT2D eigenvalue weighted by Crippen LogP contribution is -2.05. The Kier molecular flexibility index (Phi) is 5.06. The molecule has 0 radical (unpaired) electrons. The van der Waals surface area contributed by atoms with Crippen LogP contribution in [0.15, 0.2) is 60.7 Å². The summed E-state index contributed by atoms with van der Waals surface area (Å²) in [7, 11) is 0. The number of para-hydroxylation sites is 1. The van der Waals surface area contributed by atoms with E-state index in [-0.39, 0.29) is 0 Å². The predicted molar refractivity (Wildman–Crippen MR) is 99.6 cm³/mol. The average molecular weight is 318 g/mol. The molecule has 4 nitrogen and oxygen atoms in total. The Morgan fingerprint density at radius 3 is 2.38 bits per heavy atom. The molecule has 3 aromatic rings. The molecule has 122 valence electrons. The molecular formula is C20H22N4. The number of benzene rings is 2. The molecule has 2 aromatic carbocycles. The number of anilines is 3. The lowest BCUT2D eigenvalue weighted by molar-refractivity contribution is 1.02. The number of aromatic nitrogens is 2. The van der Waals surface area contributed by atoms with Gasteiger partial charge in [0.15, 0.2) is 0 Å². The molecule has 3 rings (SSSR count). The summed E-state index contributed by atoms with van der Waals surface area (Å²) in [4.78, 5) is 8.97. The minimum atomic E-state index is 0.738. The molecule has 0 saturated heterocycles. The van der Waals surface area contributed by atoms with Crippen molar-refractivity contribution >= 4 is 17.3 Å².